The van der Waals surface area contributed by atoms with Gasteiger partial charge < -0.3 is 25.2 Å². The van der Waals surface area contributed by atoms with Gasteiger partial charge in [-0.25, -0.2) is 4.79 Å². The van der Waals surface area contributed by atoms with Crippen LogP contribution in [0.3, 0.4) is 0 Å². The summed E-state index contributed by atoms with van der Waals surface area (Å²) in [6.07, 6.45) is 0.608. The number of phenols is 1. The summed E-state index contributed by atoms with van der Waals surface area (Å²) in [5.74, 6) is -0.725. The van der Waals surface area contributed by atoms with Crippen LogP contribution in [0.1, 0.15) is 30.1 Å². The van der Waals surface area contributed by atoms with Crippen molar-refractivity contribution in [1.82, 2.24) is 10.2 Å². The third-order valence-corrected chi connectivity index (χ3v) is 4.95. The molecule has 0 aromatic heterocycles. The molecular formula is C22H26N2O5. The number of hydrogen-bond donors (Lipinski definition) is 3. The molecule has 1 heterocycles. The Morgan fingerprint density at radius 2 is 1.97 bits per heavy atom. The van der Waals surface area contributed by atoms with Crippen LogP contribution in [0.15, 0.2) is 54.6 Å². The first kappa shape index (κ1) is 20.7. The molecule has 29 heavy (non-hydrogen) atoms. The van der Waals surface area contributed by atoms with E-state index in [-0.39, 0.29) is 30.3 Å². The third kappa shape index (κ3) is 6.22. The first-order valence-electron chi connectivity index (χ1n) is 9.73. The SMILES string of the molecule is O=C(O)CCC(Cc1ccccc1)NC(=O)N1CCOC(c2cccc(O)c2)C1. The highest BCUT2D eigenvalue weighted by molar-refractivity contribution is 5.75. The van der Waals surface area contributed by atoms with E-state index in [4.69, 9.17) is 9.84 Å². The number of urea groups is 1. The molecule has 0 radical (unpaired) electrons. The van der Waals surface area contributed by atoms with Gasteiger partial charge in [0.15, 0.2) is 0 Å². The lowest BCUT2D eigenvalue weighted by Crippen LogP contribution is -2.50. The fourth-order valence-corrected chi connectivity index (χ4v) is 3.45. The summed E-state index contributed by atoms with van der Waals surface area (Å²) in [5, 5.41) is 21.7. The van der Waals surface area contributed by atoms with Gasteiger partial charge >= 0.3 is 12.0 Å². The lowest BCUT2D eigenvalue weighted by Gasteiger charge is -2.34. The summed E-state index contributed by atoms with van der Waals surface area (Å²) >= 11 is 0. The number of aliphatic carboxylic acids is 1. The number of hydrogen-bond acceptors (Lipinski definition) is 4. The number of carboxylic acid groups (broad SMARTS) is 1. The Bertz CT molecular complexity index is 827. The first-order chi connectivity index (χ1) is 14.0. The minimum atomic E-state index is -0.882. The molecule has 1 aliphatic heterocycles. The highest BCUT2D eigenvalue weighted by atomic mass is 16.5. The second-order valence-electron chi connectivity index (χ2n) is 7.17. The number of rotatable bonds is 7. The van der Waals surface area contributed by atoms with Crippen molar-refractivity contribution in [3.05, 3.63) is 65.7 Å². The van der Waals surface area contributed by atoms with Crippen LogP contribution >= 0.6 is 0 Å². The molecule has 0 saturated carbocycles. The number of carbonyl (C=O) groups is 2. The fourth-order valence-electron chi connectivity index (χ4n) is 3.45. The van der Waals surface area contributed by atoms with E-state index < -0.39 is 5.97 Å². The summed E-state index contributed by atoms with van der Waals surface area (Å²) in [6.45, 7) is 1.22. The molecule has 1 saturated heterocycles. The zero-order valence-corrected chi connectivity index (χ0v) is 16.2. The molecule has 1 fully saturated rings. The topological polar surface area (TPSA) is 99.1 Å². The average Bonchev–Trinajstić information content (AvgIpc) is 2.73. The van der Waals surface area contributed by atoms with Crippen molar-refractivity contribution >= 4 is 12.0 Å². The smallest absolute Gasteiger partial charge is 0.317 e. The molecule has 3 rings (SSSR count). The molecule has 2 amide bonds. The van der Waals surface area contributed by atoms with E-state index in [1.54, 1.807) is 23.1 Å². The lowest BCUT2D eigenvalue weighted by molar-refractivity contribution is -0.137. The van der Waals surface area contributed by atoms with E-state index in [2.05, 4.69) is 5.32 Å². The van der Waals surface area contributed by atoms with E-state index in [0.717, 1.165) is 11.1 Å². The van der Waals surface area contributed by atoms with Gasteiger partial charge in [0.05, 0.1) is 13.2 Å². The minimum absolute atomic E-state index is 0.00713. The number of carboxylic acids is 1. The average molecular weight is 398 g/mol. The number of nitrogens with one attached hydrogen (secondary N) is 1. The van der Waals surface area contributed by atoms with Crippen molar-refractivity contribution in [1.29, 1.82) is 0 Å². The quantitative estimate of drug-likeness (QED) is 0.666. The van der Waals surface area contributed by atoms with Crippen LogP contribution in [0.2, 0.25) is 0 Å². The Hall–Kier alpha value is -3.06. The van der Waals surface area contributed by atoms with Crippen LogP contribution in [0.25, 0.3) is 0 Å². The molecule has 154 valence electrons. The van der Waals surface area contributed by atoms with Crippen LogP contribution in [-0.4, -0.2) is 52.9 Å². The minimum Gasteiger partial charge on any atom is -0.508 e. The number of phenolic OH excluding ortho intramolecular Hbond substituents is 1. The van der Waals surface area contributed by atoms with Gasteiger partial charge in [-0.3, -0.25) is 4.79 Å². The summed E-state index contributed by atoms with van der Waals surface area (Å²) in [5.41, 5.74) is 1.86. The Labute approximate surface area is 169 Å². The van der Waals surface area contributed by atoms with Crippen molar-refractivity contribution < 1.29 is 24.5 Å². The van der Waals surface area contributed by atoms with Gasteiger partial charge in [-0.1, -0.05) is 42.5 Å². The van der Waals surface area contributed by atoms with Gasteiger partial charge in [0.1, 0.15) is 11.9 Å². The third-order valence-electron chi connectivity index (χ3n) is 4.95. The second kappa shape index (κ2) is 9.93. The van der Waals surface area contributed by atoms with Gasteiger partial charge in [0, 0.05) is 19.0 Å². The number of ether oxygens (including phenoxy) is 1. The standard InChI is InChI=1S/C22H26N2O5/c25-19-8-4-7-17(14-19)20-15-24(11-12-29-20)22(28)23-18(9-10-21(26)27)13-16-5-2-1-3-6-16/h1-8,14,18,20,25H,9-13,15H2,(H,23,28)(H,26,27). The summed E-state index contributed by atoms with van der Waals surface area (Å²) < 4.78 is 5.77. The maximum Gasteiger partial charge on any atom is 0.317 e. The Balaban J connectivity index is 1.63. The van der Waals surface area contributed by atoms with Crippen molar-refractivity contribution in [2.24, 2.45) is 0 Å². The van der Waals surface area contributed by atoms with E-state index >= 15 is 0 Å². The molecule has 0 aliphatic carbocycles. The van der Waals surface area contributed by atoms with E-state index in [1.807, 2.05) is 36.4 Å². The molecule has 2 unspecified atom stereocenters. The van der Waals surface area contributed by atoms with Crippen molar-refractivity contribution in [3.63, 3.8) is 0 Å². The number of morpholine rings is 1. The number of carbonyl (C=O) groups excluding carboxylic acids is 1. The lowest BCUT2D eigenvalue weighted by atomic mass is 10.0. The number of nitrogens with zero attached hydrogens (tertiary/aromatic N) is 1. The maximum absolute atomic E-state index is 12.8. The van der Waals surface area contributed by atoms with Crippen molar-refractivity contribution in [2.75, 3.05) is 19.7 Å². The molecule has 2 aromatic carbocycles. The largest absolute Gasteiger partial charge is 0.508 e. The molecule has 7 nitrogen and oxygen atoms in total. The second-order valence-corrected chi connectivity index (χ2v) is 7.17. The molecule has 1 aliphatic rings. The number of benzene rings is 2. The Morgan fingerprint density at radius 1 is 1.17 bits per heavy atom. The van der Waals surface area contributed by atoms with E-state index in [0.29, 0.717) is 32.5 Å². The van der Waals surface area contributed by atoms with Crippen LogP contribution in [0, 0.1) is 0 Å². The van der Waals surface area contributed by atoms with Crippen molar-refractivity contribution in [2.45, 2.75) is 31.4 Å². The molecule has 7 heteroatoms. The zero-order chi connectivity index (χ0) is 20.6. The summed E-state index contributed by atoms with van der Waals surface area (Å²) in [6, 6.07) is 16.0. The summed E-state index contributed by atoms with van der Waals surface area (Å²) in [4.78, 5) is 25.5. The number of aromatic hydroxyl groups is 1. The van der Waals surface area contributed by atoms with Crippen LogP contribution in [-0.2, 0) is 16.0 Å². The Kier molecular flexibility index (Phi) is 7.08. The monoisotopic (exact) mass is 398 g/mol. The molecule has 0 bridgehead atoms. The highest BCUT2D eigenvalue weighted by Crippen LogP contribution is 2.25. The van der Waals surface area contributed by atoms with Crippen LogP contribution < -0.4 is 5.32 Å². The number of amides is 2. The molecule has 3 N–H and O–H groups in total. The van der Waals surface area contributed by atoms with Gasteiger partial charge in [0.25, 0.3) is 0 Å². The first-order valence-corrected chi connectivity index (χ1v) is 9.73. The highest BCUT2D eigenvalue weighted by Gasteiger charge is 2.27. The van der Waals surface area contributed by atoms with E-state index in [9.17, 15) is 14.7 Å². The predicted molar refractivity (Wildman–Crippen MR) is 108 cm³/mol. The zero-order valence-electron chi connectivity index (χ0n) is 16.2. The fraction of sp³-hybridized carbons (Fsp3) is 0.364. The van der Waals surface area contributed by atoms with E-state index in [1.165, 1.54) is 0 Å². The van der Waals surface area contributed by atoms with Crippen LogP contribution in [0.4, 0.5) is 4.79 Å². The maximum atomic E-state index is 12.8. The molecular weight excluding hydrogens is 372 g/mol. The van der Waals surface area contributed by atoms with Gasteiger partial charge in [-0.2, -0.15) is 0 Å². The van der Waals surface area contributed by atoms with Gasteiger partial charge in [-0.05, 0) is 36.1 Å². The molecule has 0 spiro atoms. The normalized spacial score (nSPS) is 17.5. The summed E-state index contributed by atoms with van der Waals surface area (Å²) in [7, 11) is 0. The Morgan fingerprint density at radius 3 is 2.69 bits per heavy atom. The van der Waals surface area contributed by atoms with Gasteiger partial charge in [0.2, 0.25) is 0 Å². The van der Waals surface area contributed by atoms with Crippen molar-refractivity contribution in [3.8, 4) is 5.75 Å². The molecule has 2 aromatic rings. The predicted octanol–water partition coefficient (Wildman–Crippen LogP) is 2.95. The molecule has 2 atom stereocenters. The van der Waals surface area contributed by atoms with Crippen LogP contribution in [0.5, 0.6) is 5.75 Å². The van der Waals surface area contributed by atoms with Gasteiger partial charge in [-0.15, -0.1) is 0 Å².